The van der Waals surface area contributed by atoms with Gasteiger partial charge in [0, 0.05) is 25.2 Å². The molecular formula is C20H17ClF3N3O5. The fraction of sp³-hybridized carbons (Fsp3) is 0.300. The fourth-order valence-electron chi connectivity index (χ4n) is 3.31. The lowest BCUT2D eigenvalue weighted by molar-refractivity contribution is -0.384. The van der Waals surface area contributed by atoms with Crippen molar-refractivity contribution in [3.05, 3.63) is 62.7 Å². The first-order chi connectivity index (χ1) is 15.1. The number of rotatable bonds is 6. The highest BCUT2D eigenvalue weighted by Crippen LogP contribution is 2.38. The summed E-state index contributed by atoms with van der Waals surface area (Å²) in [5.41, 5.74) is -1.84. The number of carbonyl (C=O) groups is 2. The molecule has 1 fully saturated rings. The van der Waals surface area contributed by atoms with E-state index in [4.69, 9.17) is 16.3 Å². The number of nitro groups is 1. The van der Waals surface area contributed by atoms with Gasteiger partial charge in [0.05, 0.1) is 32.4 Å². The normalized spacial score (nSPS) is 13.7. The van der Waals surface area contributed by atoms with Gasteiger partial charge in [0.1, 0.15) is 0 Å². The predicted molar refractivity (Wildman–Crippen MR) is 110 cm³/mol. The third kappa shape index (κ3) is 5.28. The molecule has 0 aromatic heterocycles. The topological polar surface area (TPSA) is 102 Å². The summed E-state index contributed by atoms with van der Waals surface area (Å²) in [5, 5.41) is 12.8. The van der Waals surface area contributed by atoms with Gasteiger partial charge in [-0.3, -0.25) is 14.9 Å². The number of alkyl halides is 3. The van der Waals surface area contributed by atoms with Crippen molar-refractivity contribution in [1.29, 1.82) is 0 Å². The molecule has 0 unspecified atom stereocenters. The van der Waals surface area contributed by atoms with Crippen LogP contribution in [0.2, 0.25) is 5.02 Å². The summed E-state index contributed by atoms with van der Waals surface area (Å²) in [6.07, 6.45) is -3.00. The number of anilines is 2. The number of nitrogens with zero attached hydrogens (tertiary/aromatic N) is 2. The van der Waals surface area contributed by atoms with Gasteiger partial charge >= 0.3 is 12.1 Å². The number of amides is 1. The van der Waals surface area contributed by atoms with Gasteiger partial charge in [-0.25, -0.2) is 4.79 Å². The summed E-state index contributed by atoms with van der Waals surface area (Å²) >= 11 is 5.79. The number of hydrogen-bond donors (Lipinski definition) is 1. The summed E-state index contributed by atoms with van der Waals surface area (Å²) in [7, 11) is 0. The molecule has 1 saturated heterocycles. The molecule has 32 heavy (non-hydrogen) atoms. The van der Waals surface area contributed by atoms with Crippen LogP contribution < -0.4 is 10.2 Å². The highest BCUT2D eigenvalue weighted by atomic mass is 35.5. The highest BCUT2D eigenvalue weighted by molar-refractivity contribution is 6.34. The van der Waals surface area contributed by atoms with E-state index in [1.54, 1.807) is 0 Å². The number of non-ortho nitro benzene ring substituents is 1. The quantitative estimate of drug-likeness (QED) is 0.373. The van der Waals surface area contributed by atoms with Gasteiger partial charge in [-0.05, 0) is 31.0 Å². The lowest BCUT2D eigenvalue weighted by Gasteiger charge is -2.20. The zero-order valence-corrected chi connectivity index (χ0v) is 17.2. The van der Waals surface area contributed by atoms with Crippen molar-refractivity contribution in [2.24, 2.45) is 0 Å². The Balaban J connectivity index is 1.76. The van der Waals surface area contributed by atoms with Crippen LogP contribution in [0.25, 0.3) is 0 Å². The Labute approximate surface area is 185 Å². The number of benzene rings is 2. The molecule has 1 aliphatic rings. The number of nitro benzene ring substituents is 1. The van der Waals surface area contributed by atoms with E-state index in [9.17, 15) is 32.9 Å². The number of para-hydroxylation sites is 1. The molecule has 0 saturated carbocycles. The largest absolute Gasteiger partial charge is 0.452 e. The summed E-state index contributed by atoms with van der Waals surface area (Å²) in [4.78, 5) is 37.0. The van der Waals surface area contributed by atoms with Crippen LogP contribution in [-0.2, 0) is 15.7 Å². The monoisotopic (exact) mass is 471 g/mol. The summed E-state index contributed by atoms with van der Waals surface area (Å²) in [6, 6.07) is 6.74. The van der Waals surface area contributed by atoms with E-state index in [0.717, 1.165) is 31.0 Å². The zero-order chi connectivity index (χ0) is 23.5. The molecule has 0 aliphatic carbocycles. The average molecular weight is 472 g/mol. The zero-order valence-electron chi connectivity index (χ0n) is 16.4. The van der Waals surface area contributed by atoms with Crippen molar-refractivity contribution in [2.45, 2.75) is 19.0 Å². The summed E-state index contributed by atoms with van der Waals surface area (Å²) in [5.74, 6) is -2.06. The Bertz CT molecular complexity index is 1060. The number of carbonyl (C=O) groups excluding carboxylic acids is 2. The van der Waals surface area contributed by atoms with Crippen LogP contribution in [0.15, 0.2) is 36.4 Å². The maximum absolute atomic E-state index is 13.2. The first-order valence-electron chi connectivity index (χ1n) is 9.44. The number of halogens is 4. The minimum absolute atomic E-state index is 0.109. The molecule has 1 N–H and O–H groups in total. The van der Waals surface area contributed by atoms with Crippen LogP contribution in [0.3, 0.4) is 0 Å². The van der Waals surface area contributed by atoms with Crippen LogP contribution in [0.4, 0.5) is 30.2 Å². The van der Waals surface area contributed by atoms with Crippen LogP contribution in [0.1, 0.15) is 28.8 Å². The Morgan fingerprint density at radius 2 is 1.88 bits per heavy atom. The minimum atomic E-state index is -4.77. The van der Waals surface area contributed by atoms with Crippen LogP contribution in [0, 0.1) is 10.1 Å². The summed E-state index contributed by atoms with van der Waals surface area (Å²) < 4.78 is 44.4. The maximum Gasteiger partial charge on any atom is 0.418 e. The lowest BCUT2D eigenvalue weighted by atomic mass is 10.1. The van der Waals surface area contributed by atoms with Crippen LogP contribution in [-0.4, -0.2) is 36.5 Å². The molecule has 0 bridgehead atoms. The molecule has 170 valence electrons. The van der Waals surface area contributed by atoms with Gasteiger partial charge in [0.25, 0.3) is 11.6 Å². The van der Waals surface area contributed by atoms with E-state index >= 15 is 0 Å². The smallest absolute Gasteiger partial charge is 0.418 e. The second kappa shape index (κ2) is 9.43. The Morgan fingerprint density at radius 1 is 1.19 bits per heavy atom. The molecule has 0 atom stereocenters. The maximum atomic E-state index is 13.2. The second-order valence-corrected chi connectivity index (χ2v) is 7.34. The lowest BCUT2D eigenvalue weighted by Crippen LogP contribution is -2.25. The van der Waals surface area contributed by atoms with E-state index < -0.39 is 40.8 Å². The Hall–Kier alpha value is -3.34. The molecule has 3 rings (SSSR count). The first kappa shape index (κ1) is 23.3. The van der Waals surface area contributed by atoms with Gasteiger partial charge in [0.2, 0.25) is 0 Å². The number of nitrogens with one attached hydrogen (secondary N) is 1. The van der Waals surface area contributed by atoms with E-state index in [1.807, 2.05) is 10.2 Å². The molecule has 1 aliphatic heterocycles. The average Bonchev–Trinajstić information content (AvgIpc) is 3.27. The second-order valence-electron chi connectivity index (χ2n) is 6.94. The molecule has 1 heterocycles. The van der Waals surface area contributed by atoms with Crippen LogP contribution >= 0.6 is 11.6 Å². The van der Waals surface area contributed by atoms with Crippen molar-refractivity contribution in [3.8, 4) is 0 Å². The van der Waals surface area contributed by atoms with Crippen molar-refractivity contribution < 1.29 is 32.4 Å². The standard InChI is InChI=1S/C20H17ClF3N3O5/c21-15-5-3-4-14(20(22,23)24)18(15)25-17(28)11-32-19(29)13-10-12(27(30)31)6-7-16(13)26-8-1-2-9-26/h3-7,10H,1-2,8-9,11H2,(H,25,28). The fourth-order valence-corrected chi connectivity index (χ4v) is 3.53. The van der Waals surface area contributed by atoms with Crippen LogP contribution in [0.5, 0.6) is 0 Å². The van der Waals surface area contributed by atoms with Crippen molar-refractivity contribution in [1.82, 2.24) is 0 Å². The molecule has 12 heteroatoms. The minimum Gasteiger partial charge on any atom is -0.452 e. The Morgan fingerprint density at radius 3 is 2.50 bits per heavy atom. The molecule has 0 radical (unpaired) electrons. The number of esters is 1. The van der Waals surface area contributed by atoms with E-state index in [0.29, 0.717) is 18.8 Å². The van der Waals surface area contributed by atoms with Gasteiger partial charge in [-0.2, -0.15) is 13.2 Å². The first-order valence-corrected chi connectivity index (χ1v) is 9.82. The highest BCUT2D eigenvalue weighted by Gasteiger charge is 2.35. The molecule has 8 nitrogen and oxygen atoms in total. The molecule has 1 amide bonds. The molecular weight excluding hydrogens is 455 g/mol. The molecule has 2 aromatic carbocycles. The van der Waals surface area contributed by atoms with Crippen molar-refractivity contribution >= 4 is 40.5 Å². The van der Waals surface area contributed by atoms with Gasteiger partial charge in [-0.15, -0.1) is 0 Å². The third-order valence-corrected chi connectivity index (χ3v) is 5.09. The van der Waals surface area contributed by atoms with E-state index in [1.165, 1.54) is 18.2 Å². The molecule has 2 aromatic rings. The third-order valence-electron chi connectivity index (χ3n) is 4.78. The van der Waals surface area contributed by atoms with Gasteiger partial charge < -0.3 is 15.0 Å². The number of ether oxygens (including phenoxy) is 1. The van der Waals surface area contributed by atoms with E-state index in [-0.39, 0.29) is 16.3 Å². The Kier molecular flexibility index (Phi) is 6.87. The predicted octanol–water partition coefficient (Wildman–Crippen LogP) is 4.66. The van der Waals surface area contributed by atoms with E-state index in [2.05, 4.69) is 0 Å². The number of hydrogen-bond acceptors (Lipinski definition) is 6. The van der Waals surface area contributed by atoms with Crippen molar-refractivity contribution in [3.63, 3.8) is 0 Å². The van der Waals surface area contributed by atoms with Gasteiger partial charge in [-0.1, -0.05) is 17.7 Å². The summed E-state index contributed by atoms with van der Waals surface area (Å²) in [6.45, 7) is 0.375. The SMILES string of the molecule is O=C(COC(=O)c1cc([N+](=O)[O-])ccc1N1CCCC1)Nc1c(Cl)cccc1C(F)(F)F. The van der Waals surface area contributed by atoms with Gasteiger partial charge in [0.15, 0.2) is 6.61 Å². The molecule has 0 spiro atoms. The van der Waals surface area contributed by atoms with Crippen molar-refractivity contribution in [2.75, 3.05) is 29.9 Å².